The van der Waals surface area contributed by atoms with E-state index in [9.17, 15) is 5.11 Å². The van der Waals surface area contributed by atoms with Gasteiger partial charge in [0.05, 0.1) is 6.61 Å². The Morgan fingerprint density at radius 2 is 2.14 bits per heavy atom. The number of aromatic nitrogens is 2. The van der Waals surface area contributed by atoms with Crippen molar-refractivity contribution in [3.05, 3.63) is 17.0 Å². The average Bonchev–Trinajstić information content (AvgIpc) is 2.15. The lowest BCUT2D eigenvalue weighted by Gasteiger charge is -2.16. The van der Waals surface area contributed by atoms with Crippen LogP contribution in [0.1, 0.15) is 11.7 Å². The first-order chi connectivity index (χ1) is 6.56. The van der Waals surface area contributed by atoms with Crippen molar-refractivity contribution in [2.75, 3.05) is 12.3 Å². The number of aliphatic hydroxyl groups is 3. The fourth-order valence-electron chi connectivity index (χ4n) is 0.917. The molecule has 7 heteroatoms. The Labute approximate surface area is 85.0 Å². The monoisotopic (exact) mass is 219 g/mol. The molecule has 0 saturated carbocycles. The molecule has 2 atom stereocenters. The first-order valence-corrected chi connectivity index (χ1v) is 4.19. The first-order valence-electron chi connectivity index (χ1n) is 3.81. The summed E-state index contributed by atoms with van der Waals surface area (Å²) in [5.74, 6) is -0.0231. The zero-order valence-corrected chi connectivity index (χ0v) is 7.89. The number of nitrogens with two attached hydrogens (primary N) is 1. The third-order valence-electron chi connectivity index (χ3n) is 1.69. The number of hydrogen-bond acceptors (Lipinski definition) is 6. The summed E-state index contributed by atoms with van der Waals surface area (Å²) < 4.78 is 0. The van der Waals surface area contributed by atoms with E-state index in [1.54, 1.807) is 0 Å². The van der Waals surface area contributed by atoms with Crippen LogP contribution in [0.3, 0.4) is 0 Å². The van der Waals surface area contributed by atoms with Gasteiger partial charge < -0.3 is 21.1 Å². The highest BCUT2D eigenvalue weighted by Crippen LogP contribution is 2.21. The van der Waals surface area contributed by atoms with Crippen LogP contribution < -0.4 is 5.73 Å². The quantitative estimate of drug-likeness (QED) is 0.490. The molecule has 0 radical (unpaired) electrons. The van der Waals surface area contributed by atoms with Crippen molar-refractivity contribution in [1.29, 1.82) is 0 Å². The lowest BCUT2D eigenvalue weighted by atomic mass is 10.1. The van der Waals surface area contributed by atoms with Gasteiger partial charge >= 0.3 is 0 Å². The summed E-state index contributed by atoms with van der Waals surface area (Å²) in [4.78, 5) is 7.19. The molecule has 5 N–H and O–H groups in total. The molecule has 0 fully saturated rings. The van der Waals surface area contributed by atoms with Gasteiger partial charge in [-0.25, -0.2) is 9.97 Å². The molecular weight excluding hydrogens is 210 g/mol. The minimum absolute atomic E-state index is 0.0231. The van der Waals surface area contributed by atoms with Gasteiger partial charge in [0.25, 0.3) is 0 Å². The standard InChI is InChI=1S/C7H10ClN3O3/c8-7-10-1-3(6(9)11-7)5(14)4(13)2-12/h1,4-5,12-14H,2H2,(H2,9,10,11). The van der Waals surface area contributed by atoms with E-state index < -0.39 is 18.8 Å². The van der Waals surface area contributed by atoms with Gasteiger partial charge in [-0.1, -0.05) is 0 Å². The Balaban J connectivity index is 2.95. The van der Waals surface area contributed by atoms with Gasteiger partial charge in [0.1, 0.15) is 18.0 Å². The molecule has 6 nitrogen and oxygen atoms in total. The molecule has 1 heterocycles. The highest BCUT2D eigenvalue weighted by molar-refractivity contribution is 6.28. The predicted molar refractivity (Wildman–Crippen MR) is 49.5 cm³/mol. The topological polar surface area (TPSA) is 112 Å². The van der Waals surface area contributed by atoms with Crippen molar-refractivity contribution in [3.63, 3.8) is 0 Å². The predicted octanol–water partition coefficient (Wildman–Crippen LogP) is -0.901. The Morgan fingerprint density at radius 3 is 2.64 bits per heavy atom. The summed E-state index contributed by atoms with van der Waals surface area (Å²) in [5.41, 5.74) is 5.56. The zero-order valence-electron chi connectivity index (χ0n) is 7.13. The van der Waals surface area contributed by atoms with Gasteiger partial charge in [-0.05, 0) is 11.6 Å². The Hall–Kier alpha value is -0.950. The molecule has 0 saturated heterocycles. The van der Waals surface area contributed by atoms with Crippen molar-refractivity contribution in [2.45, 2.75) is 12.2 Å². The largest absolute Gasteiger partial charge is 0.394 e. The molecule has 14 heavy (non-hydrogen) atoms. The van der Waals surface area contributed by atoms with E-state index in [1.165, 1.54) is 6.20 Å². The van der Waals surface area contributed by atoms with Crippen LogP contribution in [0, 0.1) is 0 Å². The number of nitrogen functional groups attached to an aromatic ring is 1. The molecule has 0 aliphatic rings. The van der Waals surface area contributed by atoms with Crippen molar-refractivity contribution < 1.29 is 15.3 Å². The molecule has 0 spiro atoms. The Morgan fingerprint density at radius 1 is 1.50 bits per heavy atom. The molecule has 1 aromatic heterocycles. The van der Waals surface area contributed by atoms with Gasteiger partial charge in [-0.15, -0.1) is 0 Å². The van der Waals surface area contributed by atoms with Gasteiger partial charge in [-0.2, -0.15) is 0 Å². The number of anilines is 1. The van der Waals surface area contributed by atoms with Crippen LogP contribution in [0.4, 0.5) is 5.82 Å². The van der Waals surface area contributed by atoms with E-state index in [1.807, 2.05) is 0 Å². The van der Waals surface area contributed by atoms with Crippen molar-refractivity contribution >= 4 is 17.4 Å². The van der Waals surface area contributed by atoms with Crippen molar-refractivity contribution in [2.24, 2.45) is 0 Å². The van der Waals surface area contributed by atoms with Crippen molar-refractivity contribution in [3.8, 4) is 0 Å². The van der Waals surface area contributed by atoms with E-state index in [0.717, 1.165) is 0 Å². The number of halogens is 1. The van der Waals surface area contributed by atoms with E-state index in [0.29, 0.717) is 0 Å². The number of hydrogen-bond donors (Lipinski definition) is 4. The minimum atomic E-state index is -1.32. The summed E-state index contributed by atoms with van der Waals surface area (Å²) in [6, 6.07) is 0. The van der Waals surface area contributed by atoms with E-state index >= 15 is 0 Å². The molecule has 0 aliphatic heterocycles. The third-order valence-corrected chi connectivity index (χ3v) is 1.87. The van der Waals surface area contributed by atoms with Crippen LogP contribution in [0.25, 0.3) is 0 Å². The molecule has 1 rings (SSSR count). The molecule has 2 unspecified atom stereocenters. The molecule has 1 aromatic rings. The van der Waals surface area contributed by atoms with Gasteiger partial charge in [0.2, 0.25) is 5.28 Å². The number of aliphatic hydroxyl groups excluding tert-OH is 3. The number of rotatable bonds is 3. The van der Waals surface area contributed by atoms with Gasteiger partial charge in [0, 0.05) is 11.8 Å². The minimum Gasteiger partial charge on any atom is -0.394 e. The Bertz CT molecular complexity index is 323. The SMILES string of the molecule is Nc1nc(Cl)ncc1C(O)C(O)CO. The molecule has 78 valence electrons. The van der Waals surface area contributed by atoms with Crippen LogP contribution in [0.2, 0.25) is 5.28 Å². The zero-order chi connectivity index (χ0) is 10.7. The maximum atomic E-state index is 9.45. The first kappa shape index (κ1) is 11.1. The summed E-state index contributed by atoms with van der Waals surface area (Å²) in [7, 11) is 0. The highest BCUT2D eigenvalue weighted by Gasteiger charge is 2.20. The normalized spacial score (nSPS) is 15.1. The number of nitrogens with zero attached hydrogens (tertiary/aromatic N) is 2. The highest BCUT2D eigenvalue weighted by atomic mass is 35.5. The third kappa shape index (κ3) is 2.30. The van der Waals surface area contributed by atoms with Crippen LogP contribution in [-0.2, 0) is 0 Å². The second-order valence-corrected chi connectivity index (χ2v) is 3.01. The smallest absolute Gasteiger partial charge is 0.224 e. The molecule has 0 aliphatic carbocycles. The molecule has 0 aromatic carbocycles. The van der Waals surface area contributed by atoms with Crippen LogP contribution in [-0.4, -0.2) is 38.0 Å². The second-order valence-electron chi connectivity index (χ2n) is 2.67. The Kier molecular flexibility index (Phi) is 3.59. The summed E-state index contributed by atoms with van der Waals surface area (Å²) in [5, 5.41) is 27.1. The maximum absolute atomic E-state index is 9.45. The van der Waals surface area contributed by atoms with E-state index in [-0.39, 0.29) is 16.7 Å². The lowest BCUT2D eigenvalue weighted by Crippen LogP contribution is -2.23. The van der Waals surface area contributed by atoms with Crippen LogP contribution in [0.5, 0.6) is 0 Å². The van der Waals surface area contributed by atoms with E-state index in [4.69, 9.17) is 27.5 Å². The maximum Gasteiger partial charge on any atom is 0.224 e. The molecule has 0 amide bonds. The second kappa shape index (κ2) is 4.52. The summed E-state index contributed by atoms with van der Waals surface area (Å²) in [6.07, 6.45) is -1.44. The van der Waals surface area contributed by atoms with Crippen LogP contribution >= 0.6 is 11.6 Å². The van der Waals surface area contributed by atoms with Crippen molar-refractivity contribution in [1.82, 2.24) is 9.97 Å². The molecule has 0 bridgehead atoms. The average molecular weight is 220 g/mol. The fraction of sp³-hybridized carbons (Fsp3) is 0.429. The van der Waals surface area contributed by atoms with Gasteiger partial charge in [0.15, 0.2) is 0 Å². The summed E-state index contributed by atoms with van der Waals surface area (Å²) in [6.45, 7) is -0.580. The summed E-state index contributed by atoms with van der Waals surface area (Å²) >= 11 is 5.44. The molecular formula is C7H10ClN3O3. The van der Waals surface area contributed by atoms with E-state index in [2.05, 4.69) is 9.97 Å². The van der Waals surface area contributed by atoms with Gasteiger partial charge in [-0.3, -0.25) is 0 Å². The lowest BCUT2D eigenvalue weighted by molar-refractivity contribution is -0.0151. The van der Waals surface area contributed by atoms with Crippen LogP contribution in [0.15, 0.2) is 6.20 Å². The fourth-order valence-corrected chi connectivity index (χ4v) is 1.06.